The minimum absolute atomic E-state index is 0.174. The summed E-state index contributed by atoms with van der Waals surface area (Å²) >= 11 is 5.84. The number of rotatable bonds is 5. The third kappa shape index (κ3) is 3.62. The first-order valence-electron chi connectivity index (χ1n) is 5.64. The topological polar surface area (TPSA) is 33.4 Å². The fourth-order valence-corrected chi connectivity index (χ4v) is 2.02. The Morgan fingerprint density at radius 3 is 2.35 bits per heavy atom. The largest absolute Gasteiger partial charge is 0.472 e. The van der Waals surface area contributed by atoms with Gasteiger partial charge in [-0.25, -0.2) is 0 Å². The first kappa shape index (κ1) is 12.2. The molecule has 1 atom stereocenters. The molecule has 0 saturated heterocycles. The van der Waals surface area contributed by atoms with Crippen LogP contribution in [0.3, 0.4) is 0 Å². The van der Waals surface area contributed by atoms with Gasteiger partial charge in [0, 0.05) is 11.6 Å². The molecule has 0 spiro atoms. The summed E-state index contributed by atoms with van der Waals surface area (Å²) in [5.74, 6) is 0.216. The first-order chi connectivity index (χ1) is 8.28. The maximum atomic E-state index is 9.38. The van der Waals surface area contributed by atoms with E-state index in [1.54, 1.807) is 12.5 Å². The predicted molar refractivity (Wildman–Crippen MR) is 68.1 cm³/mol. The lowest BCUT2D eigenvalue weighted by atomic mass is 9.94. The van der Waals surface area contributed by atoms with Crippen LogP contribution in [-0.2, 0) is 12.8 Å². The van der Waals surface area contributed by atoms with Crippen LogP contribution in [0.15, 0.2) is 47.3 Å². The molecule has 1 heterocycles. The lowest BCUT2D eigenvalue weighted by Gasteiger charge is -2.13. The van der Waals surface area contributed by atoms with Crippen molar-refractivity contribution >= 4 is 11.6 Å². The monoisotopic (exact) mass is 250 g/mol. The summed E-state index contributed by atoms with van der Waals surface area (Å²) < 4.78 is 5.03. The second-order valence-corrected chi connectivity index (χ2v) is 4.65. The minimum atomic E-state index is 0.174. The SMILES string of the molecule is OCC(Cc1ccc(Cl)cc1)Cc1ccoc1. The van der Waals surface area contributed by atoms with Crippen molar-refractivity contribution in [1.29, 1.82) is 0 Å². The summed E-state index contributed by atoms with van der Waals surface area (Å²) in [6.07, 6.45) is 5.06. The lowest BCUT2D eigenvalue weighted by molar-refractivity contribution is 0.225. The summed E-state index contributed by atoms with van der Waals surface area (Å²) in [7, 11) is 0. The molecular formula is C14H15ClO2. The van der Waals surface area contributed by atoms with Gasteiger partial charge in [0.05, 0.1) is 12.5 Å². The van der Waals surface area contributed by atoms with Crippen LogP contribution < -0.4 is 0 Å². The van der Waals surface area contributed by atoms with Crippen LogP contribution in [0, 0.1) is 5.92 Å². The van der Waals surface area contributed by atoms with Gasteiger partial charge in [-0.15, -0.1) is 0 Å². The molecule has 1 aromatic carbocycles. The number of aliphatic hydroxyl groups is 1. The van der Waals surface area contributed by atoms with Crippen LogP contribution >= 0.6 is 11.6 Å². The van der Waals surface area contributed by atoms with Gasteiger partial charge in [0.25, 0.3) is 0 Å². The van der Waals surface area contributed by atoms with E-state index in [0.717, 1.165) is 23.4 Å². The van der Waals surface area contributed by atoms with Gasteiger partial charge in [0.1, 0.15) is 0 Å². The summed E-state index contributed by atoms with van der Waals surface area (Å²) in [4.78, 5) is 0. The van der Waals surface area contributed by atoms with E-state index in [4.69, 9.17) is 16.0 Å². The molecule has 0 bridgehead atoms. The van der Waals surface area contributed by atoms with E-state index in [-0.39, 0.29) is 12.5 Å². The molecule has 1 N–H and O–H groups in total. The molecule has 0 amide bonds. The fraction of sp³-hybridized carbons (Fsp3) is 0.286. The quantitative estimate of drug-likeness (QED) is 0.883. The Morgan fingerprint density at radius 1 is 1.06 bits per heavy atom. The molecule has 3 heteroatoms. The Bertz CT molecular complexity index is 434. The number of benzene rings is 1. The van der Waals surface area contributed by atoms with E-state index in [9.17, 15) is 5.11 Å². The second kappa shape index (κ2) is 5.89. The molecule has 2 aromatic rings. The average molecular weight is 251 g/mol. The van der Waals surface area contributed by atoms with E-state index in [1.165, 1.54) is 5.56 Å². The number of hydrogen-bond acceptors (Lipinski definition) is 2. The van der Waals surface area contributed by atoms with Crippen molar-refractivity contribution in [3.8, 4) is 0 Å². The molecule has 0 saturated carbocycles. The normalized spacial score (nSPS) is 12.6. The maximum absolute atomic E-state index is 9.38. The van der Waals surface area contributed by atoms with Gasteiger partial charge in [0.15, 0.2) is 0 Å². The molecular weight excluding hydrogens is 236 g/mol. The smallest absolute Gasteiger partial charge is 0.0934 e. The van der Waals surface area contributed by atoms with Crippen LogP contribution in [0.2, 0.25) is 5.02 Å². The van der Waals surface area contributed by atoms with Crippen molar-refractivity contribution in [3.05, 3.63) is 59.0 Å². The van der Waals surface area contributed by atoms with Gasteiger partial charge < -0.3 is 9.52 Å². The molecule has 0 aliphatic carbocycles. The lowest BCUT2D eigenvalue weighted by Crippen LogP contribution is -2.12. The standard InChI is InChI=1S/C14H15ClO2/c15-14-3-1-11(2-4-14)7-13(9-16)8-12-5-6-17-10-12/h1-6,10,13,16H,7-9H2. The van der Waals surface area contributed by atoms with E-state index >= 15 is 0 Å². The maximum Gasteiger partial charge on any atom is 0.0934 e. The highest BCUT2D eigenvalue weighted by molar-refractivity contribution is 6.30. The third-order valence-electron chi connectivity index (χ3n) is 2.80. The Morgan fingerprint density at radius 2 is 1.76 bits per heavy atom. The highest BCUT2D eigenvalue weighted by Crippen LogP contribution is 2.16. The molecule has 0 fully saturated rings. The Labute approximate surface area is 106 Å². The second-order valence-electron chi connectivity index (χ2n) is 4.21. The molecule has 0 aliphatic rings. The summed E-state index contributed by atoms with van der Waals surface area (Å²) in [5, 5.41) is 10.1. The Kier molecular flexibility index (Phi) is 4.24. The van der Waals surface area contributed by atoms with Crippen LogP contribution in [0.1, 0.15) is 11.1 Å². The van der Waals surface area contributed by atoms with Crippen molar-refractivity contribution < 1.29 is 9.52 Å². The Hall–Kier alpha value is -1.25. The van der Waals surface area contributed by atoms with Gasteiger partial charge in [0.2, 0.25) is 0 Å². The number of hydrogen-bond donors (Lipinski definition) is 1. The summed E-state index contributed by atoms with van der Waals surface area (Å²) in [6.45, 7) is 0.174. The molecule has 17 heavy (non-hydrogen) atoms. The van der Waals surface area contributed by atoms with Crippen molar-refractivity contribution in [2.75, 3.05) is 6.61 Å². The molecule has 90 valence electrons. The van der Waals surface area contributed by atoms with Crippen molar-refractivity contribution in [2.24, 2.45) is 5.92 Å². The number of halogens is 1. The number of furan rings is 1. The van der Waals surface area contributed by atoms with Crippen molar-refractivity contribution in [2.45, 2.75) is 12.8 Å². The number of aliphatic hydroxyl groups excluding tert-OH is 1. The van der Waals surface area contributed by atoms with Crippen molar-refractivity contribution in [3.63, 3.8) is 0 Å². The van der Waals surface area contributed by atoms with Crippen LogP contribution in [0.5, 0.6) is 0 Å². The zero-order valence-electron chi connectivity index (χ0n) is 9.47. The fourth-order valence-electron chi connectivity index (χ4n) is 1.90. The zero-order chi connectivity index (χ0) is 12.1. The summed E-state index contributed by atoms with van der Waals surface area (Å²) in [6, 6.07) is 9.69. The van der Waals surface area contributed by atoms with Gasteiger partial charge in [-0.1, -0.05) is 23.7 Å². The average Bonchev–Trinajstić information content (AvgIpc) is 2.84. The van der Waals surface area contributed by atoms with Gasteiger partial charge in [-0.3, -0.25) is 0 Å². The molecule has 1 unspecified atom stereocenters. The molecule has 2 nitrogen and oxygen atoms in total. The highest BCUT2D eigenvalue weighted by Gasteiger charge is 2.10. The predicted octanol–water partition coefficient (Wildman–Crippen LogP) is 3.33. The zero-order valence-corrected chi connectivity index (χ0v) is 10.2. The third-order valence-corrected chi connectivity index (χ3v) is 3.05. The summed E-state index contributed by atoms with van der Waals surface area (Å²) in [5.41, 5.74) is 2.31. The first-order valence-corrected chi connectivity index (χ1v) is 6.02. The molecule has 1 aromatic heterocycles. The highest BCUT2D eigenvalue weighted by atomic mass is 35.5. The van der Waals surface area contributed by atoms with Crippen LogP contribution in [-0.4, -0.2) is 11.7 Å². The van der Waals surface area contributed by atoms with Crippen LogP contribution in [0.25, 0.3) is 0 Å². The van der Waals surface area contributed by atoms with Gasteiger partial charge >= 0.3 is 0 Å². The van der Waals surface area contributed by atoms with Gasteiger partial charge in [-0.05, 0) is 48.1 Å². The minimum Gasteiger partial charge on any atom is -0.472 e. The van der Waals surface area contributed by atoms with E-state index in [1.807, 2.05) is 30.3 Å². The van der Waals surface area contributed by atoms with E-state index < -0.39 is 0 Å². The van der Waals surface area contributed by atoms with Gasteiger partial charge in [-0.2, -0.15) is 0 Å². The molecule has 0 radical (unpaired) electrons. The van der Waals surface area contributed by atoms with E-state index in [2.05, 4.69) is 0 Å². The molecule has 2 rings (SSSR count). The van der Waals surface area contributed by atoms with Crippen LogP contribution in [0.4, 0.5) is 0 Å². The Balaban J connectivity index is 1.97. The molecule has 0 aliphatic heterocycles. The van der Waals surface area contributed by atoms with Crippen molar-refractivity contribution in [1.82, 2.24) is 0 Å². The van der Waals surface area contributed by atoms with E-state index in [0.29, 0.717) is 0 Å².